The molecule has 0 aliphatic carbocycles. The molecule has 0 saturated heterocycles. The number of thioether (sulfide) groups is 1. The average Bonchev–Trinajstić information content (AvgIpc) is 2.69. The van der Waals surface area contributed by atoms with E-state index in [2.05, 4.69) is 29.5 Å². The SMILES string of the molecule is CC(=O)N[C@H](CSC(=O)[C@H](C)c1ccc(CC(C)C)cc1)C(=O)N/C(N)=N/C(=N)N(C)C. The molecule has 2 atom stereocenters. The second kappa shape index (κ2) is 12.8. The van der Waals surface area contributed by atoms with Gasteiger partial charge in [-0.15, -0.1) is 0 Å². The molecule has 2 amide bonds. The van der Waals surface area contributed by atoms with E-state index in [0.717, 1.165) is 23.7 Å². The maximum atomic E-state index is 12.7. The quantitative estimate of drug-likeness (QED) is 0.342. The van der Waals surface area contributed by atoms with Crippen LogP contribution in [0.5, 0.6) is 0 Å². The third kappa shape index (κ3) is 9.51. The highest BCUT2D eigenvalue weighted by atomic mass is 32.2. The minimum atomic E-state index is -0.982. The summed E-state index contributed by atoms with van der Waals surface area (Å²) < 4.78 is 0. The summed E-state index contributed by atoms with van der Waals surface area (Å²) >= 11 is 0.973. The monoisotopic (exact) mass is 462 g/mol. The molecule has 0 bridgehead atoms. The zero-order chi connectivity index (χ0) is 24.4. The molecule has 9 nitrogen and oxygen atoms in total. The molecule has 0 fully saturated rings. The Balaban J connectivity index is 2.77. The van der Waals surface area contributed by atoms with Crippen LogP contribution in [0.3, 0.4) is 0 Å². The second-order valence-corrected chi connectivity index (χ2v) is 9.17. The standard InChI is InChI=1S/C22H34N6O3S/c1-13(2)11-16-7-9-17(10-8-16)14(3)20(31)32-12-18(25-15(4)29)19(30)26-21(23)27-22(24)28(5)6/h7-10,13-14,18H,11-12H2,1-6H3,(H,25,29)(H4,23,24,26,27,30)/t14-,18-/m1/s1. The van der Waals surface area contributed by atoms with E-state index in [1.807, 2.05) is 31.2 Å². The first kappa shape index (κ1) is 27.2. The molecule has 32 heavy (non-hydrogen) atoms. The fourth-order valence-electron chi connectivity index (χ4n) is 2.72. The van der Waals surface area contributed by atoms with Crippen molar-refractivity contribution >= 4 is 40.6 Å². The van der Waals surface area contributed by atoms with Crippen LogP contribution in [-0.2, 0) is 20.8 Å². The lowest BCUT2D eigenvalue weighted by molar-refractivity contribution is -0.126. The number of hydrogen-bond donors (Lipinski definition) is 4. The molecule has 0 heterocycles. The molecule has 1 aromatic carbocycles. The first-order chi connectivity index (χ1) is 14.9. The maximum absolute atomic E-state index is 12.7. The van der Waals surface area contributed by atoms with E-state index < -0.39 is 17.9 Å². The van der Waals surface area contributed by atoms with Gasteiger partial charge in [-0.25, -0.2) is 0 Å². The molecular weight excluding hydrogens is 428 g/mol. The summed E-state index contributed by atoms with van der Waals surface area (Å²) in [6.45, 7) is 7.42. The molecule has 0 spiro atoms. The Labute approximate surface area is 194 Å². The minimum Gasteiger partial charge on any atom is -0.369 e. The van der Waals surface area contributed by atoms with Gasteiger partial charge in [0.15, 0.2) is 5.12 Å². The van der Waals surface area contributed by atoms with Crippen molar-refractivity contribution in [2.24, 2.45) is 16.6 Å². The number of nitrogens with two attached hydrogens (primary N) is 1. The highest BCUT2D eigenvalue weighted by Crippen LogP contribution is 2.23. The van der Waals surface area contributed by atoms with Gasteiger partial charge in [-0.2, -0.15) is 4.99 Å². The topological polar surface area (TPSA) is 141 Å². The lowest BCUT2D eigenvalue weighted by atomic mass is 9.97. The zero-order valence-corrected chi connectivity index (χ0v) is 20.4. The van der Waals surface area contributed by atoms with Gasteiger partial charge in [0.05, 0.1) is 5.92 Å². The summed E-state index contributed by atoms with van der Waals surface area (Å²) in [5.74, 6) is -1.20. The van der Waals surface area contributed by atoms with Gasteiger partial charge >= 0.3 is 0 Å². The predicted octanol–water partition coefficient (Wildman–Crippen LogP) is 1.68. The fourth-order valence-corrected chi connectivity index (χ4v) is 3.68. The van der Waals surface area contributed by atoms with Crippen molar-refractivity contribution in [3.05, 3.63) is 35.4 Å². The van der Waals surface area contributed by atoms with Gasteiger partial charge in [0, 0.05) is 26.8 Å². The van der Waals surface area contributed by atoms with Gasteiger partial charge in [0.25, 0.3) is 0 Å². The van der Waals surface area contributed by atoms with Crippen molar-refractivity contribution in [2.45, 2.75) is 46.1 Å². The Morgan fingerprint density at radius 2 is 1.75 bits per heavy atom. The van der Waals surface area contributed by atoms with Crippen LogP contribution >= 0.6 is 11.8 Å². The van der Waals surface area contributed by atoms with E-state index >= 15 is 0 Å². The van der Waals surface area contributed by atoms with E-state index in [4.69, 9.17) is 11.1 Å². The number of aliphatic imine (C=N–C) groups is 1. The Morgan fingerprint density at radius 3 is 2.25 bits per heavy atom. The van der Waals surface area contributed by atoms with Crippen LogP contribution < -0.4 is 16.4 Å². The zero-order valence-electron chi connectivity index (χ0n) is 19.6. The van der Waals surface area contributed by atoms with Gasteiger partial charge in [-0.3, -0.25) is 25.1 Å². The van der Waals surface area contributed by atoms with Gasteiger partial charge in [0.1, 0.15) is 6.04 Å². The molecule has 5 N–H and O–H groups in total. The normalized spacial score (nSPS) is 13.3. The number of benzene rings is 1. The summed E-state index contributed by atoms with van der Waals surface area (Å²) in [7, 11) is 3.23. The Kier molecular flexibility index (Phi) is 10.9. The van der Waals surface area contributed by atoms with Crippen molar-refractivity contribution < 1.29 is 14.4 Å². The summed E-state index contributed by atoms with van der Waals surface area (Å²) in [5.41, 5.74) is 7.79. The van der Waals surface area contributed by atoms with Gasteiger partial charge < -0.3 is 16.0 Å². The average molecular weight is 463 g/mol. The highest BCUT2D eigenvalue weighted by molar-refractivity contribution is 8.13. The van der Waals surface area contributed by atoms with E-state index in [1.54, 1.807) is 14.1 Å². The summed E-state index contributed by atoms with van der Waals surface area (Å²) in [6, 6.07) is 6.99. The molecular formula is C22H34N6O3S. The number of carbonyl (C=O) groups is 3. The Morgan fingerprint density at radius 1 is 1.16 bits per heavy atom. The summed E-state index contributed by atoms with van der Waals surface area (Å²) in [6.07, 6.45) is 0.977. The van der Waals surface area contributed by atoms with Crippen molar-refractivity contribution in [1.29, 1.82) is 5.41 Å². The lowest BCUT2D eigenvalue weighted by Gasteiger charge is -2.18. The first-order valence-electron chi connectivity index (χ1n) is 10.3. The van der Waals surface area contributed by atoms with E-state index in [9.17, 15) is 14.4 Å². The molecule has 1 aromatic rings. The number of amides is 2. The predicted molar refractivity (Wildman–Crippen MR) is 130 cm³/mol. The van der Waals surface area contributed by atoms with Crippen LogP contribution in [0.4, 0.5) is 0 Å². The van der Waals surface area contributed by atoms with Gasteiger partial charge in [-0.05, 0) is 23.5 Å². The Hall–Kier alpha value is -2.88. The van der Waals surface area contributed by atoms with Gasteiger partial charge in [-0.1, -0.05) is 56.8 Å². The fraction of sp³-hybridized carbons (Fsp3) is 0.500. The smallest absolute Gasteiger partial charge is 0.250 e. The number of guanidine groups is 2. The minimum absolute atomic E-state index is 0.0401. The summed E-state index contributed by atoms with van der Waals surface area (Å²) in [4.78, 5) is 41.9. The van der Waals surface area contributed by atoms with Crippen LogP contribution in [0.2, 0.25) is 0 Å². The van der Waals surface area contributed by atoms with Crippen LogP contribution in [0.15, 0.2) is 29.3 Å². The third-order valence-corrected chi connectivity index (χ3v) is 5.60. The number of carbonyl (C=O) groups excluding carboxylic acids is 3. The van der Waals surface area contributed by atoms with Crippen LogP contribution in [0, 0.1) is 11.3 Å². The lowest BCUT2D eigenvalue weighted by Crippen LogP contribution is -2.51. The largest absolute Gasteiger partial charge is 0.369 e. The van der Waals surface area contributed by atoms with Crippen LogP contribution in [0.25, 0.3) is 0 Å². The first-order valence-corrected chi connectivity index (χ1v) is 11.3. The number of hydrogen-bond acceptors (Lipinski definition) is 5. The number of nitrogens with one attached hydrogen (secondary N) is 3. The molecule has 0 aromatic heterocycles. The number of rotatable bonds is 8. The Bertz CT molecular complexity index is 852. The molecule has 0 unspecified atom stereocenters. The molecule has 10 heteroatoms. The van der Waals surface area contributed by atoms with Crippen LogP contribution in [0.1, 0.15) is 44.7 Å². The molecule has 0 radical (unpaired) electrons. The highest BCUT2D eigenvalue weighted by Gasteiger charge is 2.24. The van der Waals surface area contributed by atoms with E-state index in [-0.39, 0.29) is 28.7 Å². The molecule has 0 aliphatic heterocycles. The van der Waals surface area contributed by atoms with Crippen molar-refractivity contribution in [3.8, 4) is 0 Å². The molecule has 0 saturated carbocycles. The van der Waals surface area contributed by atoms with Crippen molar-refractivity contribution in [3.63, 3.8) is 0 Å². The van der Waals surface area contributed by atoms with E-state index in [1.165, 1.54) is 17.4 Å². The van der Waals surface area contributed by atoms with Crippen LogP contribution in [-0.4, -0.2) is 59.6 Å². The summed E-state index contributed by atoms with van der Waals surface area (Å²) in [5, 5.41) is 12.4. The maximum Gasteiger partial charge on any atom is 0.250 e. The number of nitrogens with zero attached hydrogens (tertiary/aromatic N) is 2. The second-order valence-electron chi connectivity index (χ2n) is 8.15. The third-order valence-electron chi connectivity index (χ3n) is 4.46. The van der Waals surface area contributed by atoms with Crippen molar-refractivity contribution in [1.82, 2.24) is 15.5 Å². The molecule has 1 rings (SSSR count). The molecule has 0 aliphatic rings. The van der Waals surface area contributed by atoms with Crippen molar-refractivity contribution in [2.75, 3.05) is 19.8 Å². The van der Waals surface area contributed by atoms with Gasteiger partial charge in [0.2, 0.25) is 23.7 Å². The van der Waals surface area contributed by atoms with E-state index in [0.29, 0.717) is 5.92 Å². The molecule has 176 valence electrons.